The lowest BCUT2D eigenvalue weighted by molar-refractivity contribution is 0.102. The van der Waals surface area contributed by atoms with Crippen LogP contribution in [0, 0.1) is 0 Å². The van der Waals surface area contributed by atoms with Crippen molar-refractivity contribution < 1.29 is 9.00 Å². The largest absolute Gasteiger partial charge is 0.320 e. The van der Waals surface area contributed by atoms with E-state index in [9.17, 15) is 9.00 Å². The van der Waals surface area contributed by atoms with Crippen LogP contribution in [0.25, 0.3) is 0 Å². The summed E-state index contributed by atoms with van der Waals surface area (Å²) in [7, 11) is -0.986. The van der Waals surface area contributed by atoms with Crippen molar-refractivity contribution in [1.82, 2.24) is 9.97 Å². The highest BCUT2D eigenvalue weighted by Gasteiger charge is 2.11. The van der Waals surface area contributed by atoms with Gasteiger partial charge in [-0.25, -0.2) is 9.97 Å². The summed E-state index contributed by atoms with van der Waals surface area (Å²) in [5.41, 5.74) is 1.59. The van der Waals surface area contributed by atoms with Gasteiger partial charge in [0.15, 0.2) is 0 Å². The number of para-hydroxylation sites is 1. The molecule has 0 spiro atoms. The zero-order valence-corrected chi connectivity index (χ0v) is 12.2. The minimum Gasteiger partial charge on any atom is -0.320 e. The third-order valence-corrected chi connectivity index (χ3v) is 3.39. The van der Waals surface area contributed by atoms with Gasteiger partial charge in [-0.05, 0) is 11.6 Å². The van der Waals surface area contributed by atoms with Crippen LogP contribution in [0.5, 0.6) is 0 Å². The van der Waals surface area contributed by atoms with E-state index in [4.69, 9.17) is 11.6 Å². The maximum atomic E-state index is 12.0. The summed E-state index contributed by atoms with van der Waals surface area (Å²) in [6.07, 6.45) is 4.23. The van der Waals surface area contributed by atoms with Crippen LogP contribution in [-0.2, 0) is 16.6 Å². The van der Waals surface area contributed by atoms with E-state index in [1.165, 1.54) is 12.4 Å². The number of carbonyl (C=O) groups is 1. The third-order valence-electron chi connectivity index (χ3n) is 2.48. The monoisotopic (exact) mass is 309 g/mol. The third kappa shape index (κ3) is 3.85. The van der Waals surface area contributed by atoms with Gasteiger partial charge in [0.2, 0.25) is 0 Å². The number of anilines is 1. The van der Waals surface area contributed by atoms with Gasteiger partial charge in [-0.15, -0.1) is 0 Å². The number of hydrogen-bond donors (Lipinski definition) is 1. The molecule has 2 rings (SSSR count). The Bertz CT molecular complexity index is 646. The Morgan fingerprint density at radius 1 is 1.30 bits per heavy atom. The van der Waals surface area contributed by atoms with Crippen molar-refractivity contribution in [3.63, 3.8) is 0 Å². The van der Waals surface area contributed by atoms with Crippen LogP contribution >= 0.6 is 11.6 Å². The summed E-state index contributed by atoms with van der Waals surface area (Å²) in [5.74, 6) is -0.00792. The number of rotatable bonds is 4. The van der Waals surface area contributed by atoms with Crippen LogP contribution in [0.2, 0.25) is 5.15 Å². The van der Waals surface area contributed by atoms with Crippen LogP contribution in [-0.4, -0.2) is 26.3 Å². The highest BCUT2D eigenvalue weighted by molar-refractivity contribution is 7.83. The molecule has 0 aliphatic heterocycles. The van der Waals surface area contributed by atoms with Gasteiger partial charge in [-0.2, -0.15) is 0 Å². The first kappa shape index (κ1) is 14.6. The average molecular weight is 310 g/mol. The molecule has 1 aromatic heterocycles. The summed E-state index contributed by atoms with van der Waals surface area (Å²) in [5, 5.41) is 2.96. The minimum absolute atomic E-state index is 0.168. The van der Waals surface area contributed by atoms with Gasteiger partial charge in [0, 0.05) is 22.7 Å². The number of nitrogens with zero attached hydrogens (tertiary/aromatic N) is 2. The Morgan fingerprint density at radius 2 is 2.05 bits per heavy atom. The molecule has 1 aromatic carbocycles. The summed E-state index contributed by atoms with van der Waals surface area (Å²) in [6, 6.07) is 7.21. The molecule has 0 saturated carbocycles. The minimum atomic E-state index is -0.986. The molecule has 104 valence electrons. The SMILES string of the molecule is CS(=O)Cc1ccccc1NC(=O)c1cnc(Cl)cn1. The number of aromatic nitrogens is 2. The molecule has 5 nitrogen and oxygen atoms in total. The van der Waals surface area contributed by atoms with E-state index in [0.29, 0.717) is 11.4 Å². The van der Waals surface area contributed by atoms with Gasteiger partial charge in [0.1, 0.15) is 10.8 Å². The fraction of sp³-hybridized carbons (Fsp3) is 0.154. The number of amides is 1. The van der Waals surface area contributed by atoms with E-state index in [-0.39, 0.29) is 16.8 Å². The highest BCUT2D eigenvalue weighted by atomic mass is 35.5. The maximum Gasteiger partial charge on any atom is 0.275 e. The smallest absolute Gasteiger partial charge is 0.275 e. The zero-order chi connectivity index (χ0) is 14.5. The predicted molar refractivity (Wildman–Crippen MR) is 79.2 cm³/mol. The second-order valence-electron chi connectivity index (χ2n) is 4.05. The van der Waals surface area contributed by atoms with Gasteiger partial charge in [0.25, 0.3) is 5.91 Å². The molecule has 1 atom stereocenters. The Balaban J connectivity index is 2.19. The number of benzene rings is 1. The molecule has 0 aliphatic rings. The Hall–Kier alpha value is -1.79. The number of hydrogen-bond acceptors (Lipinski definition) is 4. The molecule has 1 N–H and O–H groups in total. The van der Waals surface area contributed by atoms with Gasteiger partial charge in [0.05, 0.1) is 18.1 Å². The Kier molecular flexibility index (Phi) is 4.81. The Labute approximate surface area is 123 Å². The van der Waals surface area contributed by atoms with Crippen molar-refractivity contribution in [3.05, 3.63) is 53.1 Å². The quantitative estimate of drug-likeness (QED) is 0.940. The normalized spacial score (nSPS) is 11.9. The van der Waals surface area contributed by atoms with Gasteiger partial charge >= 0.3 is 0 Å². The first-order valence-electron chi connectivity index (χ1n) is 5.73. The maximum absolute atomic E-state index is 12.0. The second kappa shape index (κ2) is 6.58. The standard InChI is InChI=1S/C13H12ClN3O2S/c1-20(19)8-9-4-2-3-5-10(9)17-13(18)11-6-16-12(14)7-15-11/h2-7H,8H2,1H3,(H,17,18). The molecule has 1 amide bonds. The topological polar surface area (TPSA) is 72.0 Å². The van der Waals surface area contributed by atoms with Crippen LogP contribution < -0.4 is 5.32 Å². The van der Waals surface area contributed by atoms with E-state index in [1.54, 1.807) is 18.4 Å². The highest BCUT2D eigenvalue weighted by Crippen LogP contribution is 2.17. The number of halogens is 1. The van der Waals surface area contributed by atoms with E-state index in [0.717, 1.165) is 5.56 Å². The van der Waals surface area contributed by atoms with Crippen LogP contribution in [0.3, 0.4) is 0 Å². The van der Waals surface area contributed by atoms with E-state index in [2.05, 4.69) is 15.3 Å². The van der Waals surface area contributed by atoms with E-state index in [1.807, 2.05) is 12.1 Å². The van der Waals surface area contributed by atoms with Crippen LogP contribution in [0.1, 0.15) is 16.1 Å². The lowest BCUT2D eigenvalue weighted by atomic mass is 10.2. The fourth-order valence-corrected chi connectivity index (χ4v) is 2.39. The summed E-state index contributed by atoms with van der Waals surface area (Å²) >= 11 is 5.62. The van der Waals surface area contributed by atoms with Crippen molar-refractivity contribution in [1.29, 1.82) is 0 Å². The number of carbonyl (C=O) groups excluding carboxylic acids is 1. The van der Waals surface area contributed by atoms with Crippen LogP contribution in [0.15, 0.2) is 36.7 Å². The van der Waals surface area contributed by atoms with Crippen molar-refractivity contribution >= 4 is 34.0 Å². The zero-order valence-electron chi connectivity index (χ0n) is 10.7. The van der Waals surface area contributed by atoms with Gasteiger partial charge in [-0.3, -0.25) is 9.00 Å². The molecule has 2 aromatic rings. The lowest BCUT2D eigenvalue weighted by Crippen LogP contribution is -2.15. The summed E-state index contributed by atoms with van der Waals surface area (Å²) in [6.45, 7) is 0. The average Bonchev–Trinajstić information content (AvgIpc) is 2.41. The van der Waals surface area contributed by atoms with Crippen LogP contribution in [0.4, 0.5) is 5.69 Å². The molecule has 20 heavy (non-hydrogen) atoms. The number of nitrogens with one attached hydrogen (secondary N) is 1. The fourth-order valence-electron chi connectivity index (χ4n) is 1.60. The first-order chi connectivity index (χ1) is 9.56. The lowest BCUT2D eigenvalue weighted by Gasteiger charge is -2.09. The van der Waals surface area contributed by atoms with Gasteiger partial charge in [-0.1, -0.05) is 29.8 Å². The molecule has 1 heterocycles. The van der Waals surface area contributed by atoms with Gasteiger partial charge < -0.3 is 5.32 Å². The first-order valence-corrected chi connectivity index (χ1v) is 7.83. The molecular weight excluding hydrogens is 298 g/mol. The van der Waals surface area contributed by atoms with E-state index >= 15 is 0 Å². The van der Waals surface area contributed by atoms with Crippen molar-refractivity contribution in [2.45, 2.75) is 5.75 Å². The molecule has 0 radical (unpaired) electrons. The van der Waals surface area contributed by atoms with Crippen molar-refractivity contribution in [2.75, 3.05) is 11.6 Å². The molecular formula is C13H12ClN3O2S. The summed E-state index contributed by atoms with van der Waals surface area (Å²) in [4.78, 5) is 19.7. The molecule has 0 bridgehead atoms. The predicted octanol–water partition coefficient (Wildman–Crippen LogP) is 2.26. The van der Waals surface area contributed by atoms with Crippen molar-refractivity contribution in [3.8, 4) is 0 Å². The molecule has 0 aliphatic carbocycles. The molecule has 1 unspecified atom stereocenters. The van der Waals surface area contributed by atoms with E-state index < -0.39 is 10.8 Å². The Morgan fingerprint density at radius 3 is 2.70 bits per heavy atom. The summed E-state index contributed by atoms with van der Waals surface area (Å²) < 4.78 is 11.3. The molecule has 7 heteroatoms. The second-order valence-corrected chi connectivity index (χ2v) is 5.88. The molecule has 0 saturated heterocycles. The van der Waals surface area contributed by atoms with Crippen molar-refractivity contribution in [2.24, 2.45) is 0 Å². The molecule has 0 fully saturated rings.